The highest BCUT2D eigenvalue weighted by atomic mass is 16.5. The number of nitrogens with one attached hydrogen (secondary N) is 2. The van der Waals surface area contributed by atoms with Crippen LogP contribution in [0.5, 0.6) is 5.75 Å². The number of ether oxygens (including phenoxy) is 1. The van der Waals surface area contributed by atoms with Crippen molar-refractivity contribution in [3.8, 4) is 5.75 Å². The first-order valence-electron chi connectivity index (χ1n) is 10.5. The van der Waals surface area contributed by atoms with E-state index in [4.69, 9.17) is 4.74 Å². The maximum atomic E-state index is 12.7. The molecule has 152 valence electrons. The molecule has 1 heterocycles. The zero-order valence-electron chi connectivity index (χ0n) is 16.5. The summed E-state index contributed by atoms with van der Waals surface area (Å²) in [4.78, 5) is 29.0. The number of benzene rings is 1. The summed E-state index contributed by atoms with van der Waals surface area (Å²) in [6, 6.07) is 10.6. The summed E-state index contributed by atoms with van der Waals surface area (Å²) in [6.07, 6.45) is 9.74. The SMILES string of the molecule is O=C(Nc1ncccc1OCC1CCCCC1)c1cccc(NC(=O)C2CC2)c1. The van der Waals surface area contributed by atoms with Gasteiger partial charge in [0.15, 0.2) is 11.6 Å². The van der Waals surface area contributed by atoms with E-state index in [1.807, 2.05) is 6.07 Å². The Bertz CT molecular complexity index is 873. The van der Waals surface area contributed by atoms with Crippen LogP contribution >= 0.6 is 0 Å². The minimum Gasteiger partial charge on any atom is -0.489 e. The molecule has 0 spiro atoms. The lowest BCUT2D eigenvalue weighted by atomic mass is 9.90. The second-order valence-corrected chi connectivity index (χ2v) is 7.96. The number of pyridine rings is 1. The minimum absolute atomic E-state index is 0.0192. The molecule has 0 saturated heterocycles. The molecule has 2 fully saturated rings. The Hall–Kier alpha value is -2.89. The van der Waals surface area contributed by atoms with Gasteiger partial charge in [-0.3, -0.25) is 9.59 Å². The van der Waals surface area contributed by atoms with E-state index in [0.29, 0.717) is 35.3 Å². The Morgan fingerprint density at radius 3 is 2.62 bits per heavy atom. The van der Waals surface area contributed by atoms with Crippen LogP contribution in [-0.2, 0) is 4.79 Å². The summed E-state index contributed by atoms with van der Waals surface area (Å²) >= 11 is 0. The van der Waals surface area contributed by atoms with Gasteiger partial charge in [-0.25, -0.2) is 4.98 Å². The van der Waals surface area contributed by atoms with E-state index in [1.54, 1.807) is 36.5 Å². The third kappa shape index (κ3) is 5.34. The Kier molecular flexibility index (Phi) is 6.08. The van der Waals surface area contributed by atoms with E-state index >= 15 is 0 Å². The monoisotopic (exact) mass is 393 g/mol. The largest absolute Gasteiger partial charge is 0.489 e. The number of carbonyl (C=O) groups is 2. The van der Waals surface area contributed by atoms with Crippen LogP contribution in [0.4, 0.5) is 11.5 Å². The molecule has 0 unspecified atom stereocenters. The van der Waals surface area contributed by atoms with E-state index in [1.165, 1.54) is 32.1 Å². The van der Waals surface area contributed by atoms with Gasteiger partial charge in [0.05, 0.1) is 6.61 Å². The average Bonchev–Trinajstić information content (AvgIpc) is 3.60. The molecule has 2 aromatic rings. The molecule has 0 atom stereocenters. The van der Waals surface area contributed by atoms with Gasteiger partial charge < -0.3 is 15.4 Å². The highest BCUT2D eigenvalue weighted by molar-refractivity contribution is 6.05. The fraction of sp³-hybridized carbons (Fsp3) is 0.435. The average molecular weight is 393 g/mol. The molecule has 2 N–H and O–H groups in total. The highest BCUT2D eigenvalue weighted by Gasteiger charge is 2.29. The summed E-state index contributed by atoms with van der Waals surface area (Å²) in [5, 5.41) is 5.71. The molecule has 2 aliphatic carbocycles. The summed E-state index contributed by atoms with van der Waals surface area (Å²) in [5.74, 6) is 1.42. The van der Waals surface area contributed by atoms with E-state index in [0.717, 1.165) is 12.8 Å². The number of aromatic nitrogens is 1. The van der Waals surface area contributed by atoms with Crippen LogP contribution in [0.2, 0.25) is 0 Å². The van der Waals surface area contributed by atoms with Crippen molar-refractivity contribution in [2.75, 3.05) is 17.2 Å². The smallest absolute Gasteiger partial charge is 0.256 e. The van der Waals surface area contributed by atoms with Crippen molar-refractivity contribution in [2.24, 2.45) is 11.8 Å². The van der Waals surface area contributed by atoms with Crippen molar-refractivity contribution < 1.29 is 14.3 Å². The maximum Gasteiger partial charge on any atom is 0.256 e. The molecule has 0 bridgehead atoms. The van der Waals surface area contributed by atoms with Crippen LogP contribution in [0.25, 0.3) is 0 Å². The Morgan fingerprint density at radius 2 is 1.83 bits per heavy atom. The molecule has 6 heteroatoms. The van der Waals surface area contributed by atoms with Gasteiger partial charge in [-0.15, -0.1) is 0 Å². The fourth-order valence-electron chi connectivity index (χ4n) is 3.67. The van der Waals surface area contributed by atoms with Crippen molar-refractivity contribution in [1.82, 2.24) is 4.98 Å². The predicted molar refractivity (Wildman–Crippen MR) is 112 cm³/mol. The maximum absolute atomic E-state index is 12.7. The Morgan fingerprint density at radius 1 is 1.00 bits per heavy atom. The van der Waals surface area contributed by atoms with Gasteiger partial charge in [-0.05, 0) is 61.9 Å². The first kappa shape index (κ1) is 19.4. The third-order valence-electron chi connectivity index (χ3n) is 5.54. The van der Waals surface area contributed by atoms with Gasteiger partial charge in [-0.2, -0.15) is 0 Å². The molecule has 1 aromatic carbocycles. The quantitative estimate of drug-likeness (QED) is 0.718. The zero-order chi connectivity index (χ0) is 20.1. The molecule has 6 nitrogen and oxygen atoms in total. The lowest BCUT2D eigenvalue weighted by Crippen LogP contribution is -2.18. The number of hydrogen-bond donors (Lipinski definition) is 2. The van der Waals surface area contributed by atoms with Gasteiger partial charge in [-0.1, -0.05) is 25.3 Å². The summed E-state index contributed by atoms with van der Waals surface area (Å²) in [6.45, 7) is 0.650. The van der Waals surface area contributed by atoms with Crippen molar-refractivity contribution in [1.29, 1.82) is 0 Å². The molecular formula is C23H27N3O3. The zero-order valence-corrected chi connectivity index (χ0v) is 16.5. The summed E-state index contributed by atoms with van der Waals surface area (Å²) in [7, 11) is 0. The molecule has 4 rings (SSSR count). The molecule has 0 radical (unpaired) electrons. The van der Waals surface area contributed by atoms with Crippen LogP contribution in [0.15, 0.2) is 42.6 Å². The Labute approximate surface area is 171 Å². The predicted octanol–water partition coefficient (Wildman–Crippen LogP) is 4.64. The topological polar surface area (TPSA) is 80.3 Å². The molecule has 2 saturated carbocycles. The van der Waals surface area contributed by atoms with Crippen LogP contribution in [-0.4, -0.2) is 23.4 Å². The number of nitrogens with zero attached hydrogens (tertiary/aromatic N) is 1. The molecule has 1 aromatic heterocycles. The standard InChI is InChI=1S/C23H27N3O3/c27-22(17-11-12-17)25-19-9-4-8-18(14-19)23(28)26-21-20(10-5-13-24-21)29-15-16-6-2-1-3-7-16/h4-5,8-10,13-14,16-17H,1-3,6-7,11-12,15H2,(H,25,27)(H,24,26,28). The van der Waals surface area contributed by atoms with E-state index in [2.05, 4.69) is 15.6 Å². The number of carbonyl (C=O) groups excluding carboxylic acids is 2. The summed E-state index contributed by atoms with van der Waals surface area (Å²) < 4.78 is 5.99. The Balaban J connectivity index is 1.39. The van der Waals surface area contributed by atoms with E-state index in [-0.39, 0.29) is 17.7 Å². The van der Waals surface area contributed by atoms with Gasteiger partial charge in [0.2, 0.25) is 5.91 Å². The lowest BCUT2D eigenvalue weighted by Gasteiger charge is -2.22. The van der Waals surface area contributed by atoms with Gasteiger partial charge in [0, 0.05) is 23.4 Å². The number of anilines is 2. The van der Waals surface area contributed by atoms with Crippen LogP contribution < -0.4 is 15.4 Å². The van der Waals surface area contributed by atoms with Gasteiger partial charge >= 0.3 is 0 Å². The fourth-order valence-corrected chi connectivity index (χ4v) is 3.67. The number of hydrogen-bond acceptors (Lipinski definition) is 4. The normalized spacial score (nSPS) is 16.8. The van der Waals surface area contributed by atoms with Crippen molar-refractivity contribution in [3.63, 3.8) is 0 Å². The molecule has 2 aliphatic rings. The lowest BCUT2D eigenvalue weighted by molar-refractivity contribution is -0.117. The first-order chi connectivity index (χ1) is 14.2. The van der Waals surface area contributed by atoms with Crippen molar-refractivity contribution in [2.45, 2.75) is 44.9 Å². The van der Waals surface area contributed by atoms with E-state index in [9.17, 15) is 9.59 Å². The van der Waals surface area contributed by atoms with Crippen LogP contribution in [0.1, 0.15) is 55.3 Å². The summed E-state index contributed by atoms with van der Waals surface area (Å²) in [5.41, 5.74) is 1.09. The minimum atomic E-state index is -0.284. The number of rotatable bonds is 7. The first-order valence-corrected chi connectivity index (χ1v) is 10.5. The van der Waals surface area contributed by atoms with Gasteiger partial charge in [0.1, 0.15) is 0 Å². The van der Waals surface area contributed by atoms with Crippen LogP contribution in [0.3, 0.4) is 0 Å². The molecule has 2 amide bonds. The van der Waals surface area contributed by atoms with Gasteiger partial charge in [0.25, 0.3) is 5.91 Å². The molecular weight excluding hydrogens is 366 g/mol. The molecule has 0 aliphatic heterocycles. The van der Waals surface area contributed by atoms with E-state index < -0.39 is 0 Å². The second kappa shape index (κ2) is 9.07. The third-order valence-corrected chi connectivity index (χ3v) is 5.54. The molecule has 29 heavy (non-hydrogen) atoms. The number of amides is 2. The van der Waals surface area contributed by atoms with Crippen LogP contribution in [0, 0.1) is 11.8 Å². The van der Waals surface area contributed by atoms with Crippen molar-refractivity contribution in [3.05, 3.63) is 48.2 Å². The second-order valence-electron chi connectivity index (χ2n) is 7.96. The van der Waals surface area contributed by atoms with Crippen molar-refractivity contribution >= 4 is 23.3 Å². The highest BCUT2D eigenvalue weighted by Crippen LogP contribution is 2.30.